The molecule has 1 aromatic heterocycles. The zero-order chi connectivity index (χ0) is 12.3. The van der Waals surface area contributed by atoms with Crippen molar-refractivity contribution in [1.82, 2.24) is 4.90 Å². The Hall–Kier alpha value is -0.710. The lowest BCUT2D eigenvalue weighted by Gasteiger charge is -2.30. The van der Waals surface area contributed by atoms with Crippen LogP contribution in [0.2, 0.25) is 0 Å². The van der Waals surface area contributed by atoms with Crippen LogP contribution < -0.4 is 5.73 Å². The molecular formula is C13H20N2OS. The molecule has 1 fully saturated rings. The third-order valence-corrected chi connectivity index (χ3v) is 4.52. The second kappa shape index (κ2) is 5.76. The van der Waals surface area contributed by atoms with E-state index in [0.717, 1.165) is 42.9 Å². The van der Waals surface area contributed by atoms with Crippen LogP contribution >= 0.6 is 11.3 Å². The summed E-state index contributed by atoms with van der Waals surface area (Å²) in [5, 5.41) is 2.01. The van der Waals surface area contributed by atoms with Gasteiger partial charge < -0.3 is 10.6 Å². The first-order valence-corrected chi connectivity index (χ1v) is 7.11. The van der Waals surface area contributed by atoms with Crippen molar-refractivity contribution in [2.45, 2.75) is 19.8 Å². The van der Waals surface area contributed by atoms with Crippen LogP contribution in [0.25, 0.3) is 0 Å². The molecule has 0 amide bonds. The van der Waals surface area contributed by atoms with Crippen molar-refractivity contribution >= 4 is 17.1 Å². The van der Waals surface area contributed by atoms with E-state index in [1.807, 2.05) is 18.4 Å². The van der Waals surface area contributed by atoms with Crippen LogP contribution in [0.15, 0.2) is 11.4 Å². The number of ketones is 1. The molecule has 94 valence electrons. The minimum Gasteiger partial charge on any atom is -0.329 e. The Balaban J connectivity index is 1.93. The zero-order valence-electron chi connectivity index (χ0n) is 10.3. The highest BCUT2D eigenvalue weighted by molar-refractivity contribution is 7.12. The Labute approximate surface area is 107 Å². The van der Waals surface area contributed by atoms with Crippen molar-refractivity contribution in [2.75, 3.05) is 26.2 Å². The van der Waals surface area contributed by atoms with Gasteiger partial charge in [-0.3, -0.25) is 4.79 Å². The molecule has 0 atom stereocenters. The topological polar surface area (TPSA) is 46.3 Å². The van der Waals surface area contributed by atoms with E-state index < -0.39 is 0 Å². The smallest absolute Gasteiger partial charge is 0.176 e. The molecule has 0 unspecified atom stereocenters. The molecule has 17 heavy (non-hydrogen) atoms. The van der Waals surface area contributed by atoms with Gasteiger partial charge in [-0.05, 0) is 49.9 Å². The van der Waals surface area contributed by atoms with Gasteiger partial charge in [-0.1, -0.05) is 0 Å². The Morgan fingerprint density at radius 1 is 1.53 bits per heavy atom. The van der Waals surface area contributed by atoms with E-state index in [2.05, 4.69) is 4.90 Å². The molecule has 0 spiro atoms. The van der Waals surface area contributed by atoms with Gasteiger partial charge in [0.2, 0.25) is 0 Å². The molecular weight excluding hydrogens is 232 g/mol. The first-order valence-electron chi connectivity index (χ1n) is 6.23. The van der Waals surface area contributed by atoms with Gasteiger partial charge in [0.05, 0.1) is 4.88 Å². The fraction of sp³-hybridized carbons (Fsp3) is 0.615. The average molecular weight is 252 g/mol. The van der Waals surface area contributed by atoms with Crippen LogP contribution in [0, 0.1) is 12.8 Å². The first-order chi connectivity index (χ1) is 8.22. The predicted octanol–water partition coefficient (Wildman–Crippen LogP) is 1.91. The number of carbonyl (C=O) groups is 1. The molecule has 0 aliphatic carbocycles. The van der Waals surface area contributed by atoms with Crippen molar-refractivity contribution in [3.63, 3.8) is 0 Å². The van der Waals surface area contributed by atoms with E-state index in [-0.39, 0.29) is 5.92 Å². The number of thiophene rings is 1. The number of rotatable bonds is 4. The summed E-state index contributed by atoms with van der Waals surface area (Å²) in [5.74, 6) is 0.575. The second-order valence-electron chi connectivity index (χ2n) is 4.70. The normalized spacial score (nSPS) is 18.5. The standard InChI is InChI=1S/C13H20N2OS/c1-10-4-9-17-13(10)12(16)11-2-6-15(7-3-11)8-5-14/h4,9,11H,2-3,5-8,14H2,1H3. The summed E-state index contributed by atoms with van der Waals surface area (Å²) in [5.41, 5.74) is 6.67. The SMILES string of the molecule is Cc1ccsc1C(=O)C1CCN(CCN)CC1. The zero-order valence-corrected chi connectivity index (χ0v) is 11.1. The summed E-state index contributed by atoms with van der Waals surface area (Å²) in [6, 6.07) is 2.03. The van der Waals surface area contributed by atoms with Crippen molar-refractivity contribution in [1.29, 1.82) is 0 Å². The molecule has 3 nitrogen and oxygen atoms in total. The minimum atomic E-state index is 0.223. The van der Waals surface area contributed by atoms with Gasteiger partial charge in [-0.15, -0.1) is 11.3 Å². The largest absolute Gasteiger partial charge is 0.329 e. The third-order valence-electron chi connectivity index (χ3n) is 3.49. The summed E-state index contributed by atoms with van der Waals surface area (Å²) >= 11 is 1.58. The van der Waals surface area contributed by atoms with Gasteiger partial charge in [0.15, 0.2) is 5.78 Å². The van der Waals surface area contributed by atoms with E-state index >= 15 is 0 Å². The lowest BCUT2D eigenvalue weighted by Crippen LogP contribution is -2.38. The molecule has 0 aromatic carbocycles. The molecule has 1 aromatic rings. The number of nitrogens with zero attached hydrogens (tertiary/aromatic N) is 1. The monoisotopic (exact) mass is 252 g/mol. The van der Waals surface area contributed by atoms with Gasteiger partial charge in [0.1, 0.15) is 0 Å². The van der Waals surface area contributed by atoms with Gasteiger partial charge in [-0.25, -0.2) is 0 Å². The predicted molar refractivity (Wildman–Crippen MR) is 71.6 cm³/mol. The molecule has 0 bridgehead atoms. The van der Waals surface area contributed by atoms with Crippen molar-refractivity contribution < 1.29 is 4.79 Å². The summed E-state index contributed by atoms with van der Waals surface area (Å²) < 4.78 is 0. The van der Waals surface area contributed by atoms with E-state index in [0.29, 0.717) is 12.3 Å². The highest BCUT2D eigenvalue weighted by Gasteiger charge is 2.26. The molecule has 2 rings (SSSR count). The van der Waals surface area contributed by atoms with E-state index in [4.69, 9.17) is 5.73 Å². The van der Waals surface area contributed by atoms with Crippen LogP contribution in [0.3, 0.4) is 0 Å². The highest BCUT2D eigenvalue weighted by atomic mass is 32.1. The van der Waals surface area contributed by atoms with Gasteiger partial charge in [-0.2, -0.15) is 0 Å². The molecule has 2 N–H and O–H groups in total. The molecule has 1 aliphatic rings. The van der Waals surface area contributed by atoms with E-state index in [9.17, 15) is 4.79 Å². The van der Waals surface area contributed by atoms with Gasteiger partial charge >= 0.3 is 0 Å². The molecule has 4 heteroatoms. The van der Waals surface area contributed by atoms with E-state index in [1.54, 1.807) is 11.3 Å². The summed E-state index contributed by atoms with van der Waals surface area (Å²) in [4.78, 5) is 15.6. The molecule has 2 heterocycles. The maximum atomic E-state index is 12.3. The number of likely N-dealkylation sites (tertiary alicyclic amines) is 1. The van der Waals surface area contributed by atoms with Crippen LogP contribution in [-0.2, 0) is 0 Å². The number of carbonyl (C=O) groups excluding carboxylic acids is 1. The van der Waals surface area contributed by atoms with Crippen LogP contribution in [0.1, 0.15) is 28.1 Å². The van der Waals surface area contributed by atoms with E-state index in [1.165, 1.54) is 0 Å². The number of piperidine rings is 1. The Bertz CT molecular complexity index is 381. The average Bonchev–Trinajstić information content (AvgIpc) is 2.76. The van der Waals surface area contributed by atoms with Crippen LogP contribution in [0.4, 0.5) is 0 Å². The van der Waals surface area contributed by atoms with Crippen LogP contribution in [0.5, 0.6) is 0 Å². The number of nitrogens with two attached hydrogens (primary N) is 1. The highest BCUT2D eigenvalue weighted by Crippen LogP contribution is 2.26. The summed E-state index contributed by atoms with van der Waals surface area (Å²) in [6.45, 7) is 5.71. The lowest BCUT2D eigenvalue weighted by atomic mass is 9.91. The fourth-order valence-corrected chi connectivity index (χ4v) is 3.36. The van der Waals surface area contributed by atoms with Gasteiger partial charge in [0.25, 0.3) is 0 Å². The van der Waals surface area contributed by atoms with Crippen molar-refractivity contribution in [2.24, 2.45) is 11.7 Å². The molecule has 0 radical (unpaired) electrons. The number of hydrogen-bond donors (Lipinski definition) is 1. The summed E-state index contributed by atoms with van der Waals surface area (Å²) in [6.07, 6.45) is 1.96. The third kappa shape index (κ3) is 2.94. The Morgan fingerprint density at radius 2 is 2.24 bits per heavy atom. The number of Topliss-reactive ketones (excluding diaryl/α,β-unsaturated/α-hetero) is 1. The van der Waals surface area contributed by atoms with Crippen molar-refractivity contribution in [3.8, 4) is 0 Å². The van der Waals surface area contributed by atoms with Gasteiger partial charge in [0, 0.05) is 19.0 Å². The maximum absolute atomic E-state index is 12.3. The maximum Gasteiger partial charge on any atom is 0.176 e. The second-order valence-corrected chi connectivity index (χ2v) is 5.62. The molecule has 0 saturated carbocycles. The first kappa shape index (κ1) is 12.7. The quantitative estimate of drug-likeness (QED) is 0.833. The fourth-order valence-electron chi connectivity index (χ4n) is 2.41. The molecule has 1 aliphatic heterocycles. The minimum absolute atomic E-state index is 0.223. The summed E-state index contributed by atoms with van der Waals surface area (Å²) in [7, 11) is 0. The van der Waals surface area contributed by atoms with Crippen LogP contribution in [-0.4, -0.2) is 36.9 Å². The Morgan fingerprint density at radius 3 is 2.76 bits per heavy atom. The van der Waals surface area contributed by atoms with Crippen molar-refractivity contribution in [3.05, 3.63) is 21.9 Å². The Kier molecular flexibility index (Phi) is 4.31. The number of hydrogen-bond acceptors (Lipinski definition) is 4. The lowest BCUT2D eigenvalue weighted by molar-refractivity contribution is 0.0846. The number of aryl methyl sites for hydroxylation is 1. The molecule has 1 saturated heterocycles.